The summed E-state index contributed by atoms with van der Waals surface area (Å²) < 4.78 is 1.77. The number of aromatic nitrogens is 3. The third kappa shape index (κ3) is 3.91. The highest BCUT2D eigenvalue weighted by molar-refractivity contribution is 6.29. The van der Waals surface area contributed by atoms with Crippen molar-refractivity contribution < 1.29 is 5.11 Å². The molecule has 4 aromatic rings. The fourth-order valence-corrected chi connectivity index (χ4v) is 3.75. The number of hydrogen-bond donors (Lipinski definition) is 2. The molecule has 148 valence electrons. The summed E-state index contributed by atoms with van der Waals surface area (Å²) in [6.45, 7) is 4.63. The summed E-state index contributed by atoms with van der Waals surface area (Å²) in [5.41, 5.74) is 2.88. The third-order valence-electron chi connectivity index (χ3n) is 5.08. The molecule has 0 atom stereocenters. The number of rotatable bonds is 6. The summed E-state index contributed by atoms with van der Waals surface area (Å²) in [5, 5.41) is 14.8. The van der Waals surface area contributed by atoms with Crippen molar-refractivity contribution in [3.05, 3.63) is 83.3 Å². The minimum absolute atomic E-state index is 0.0946. The van der Waals surface area contributed by atoms with Crippen molar-refractivity contribution >= 4 is 28.3 Å². The second-order valence-electron chi connectivity index (χ2n) is 7.31. The van der Waals surface area contributed by atoms with E-state index in [0.29, 0.717) is 17.9 Å². The molecular formula is C23H23ClN4O. The van der Waals surface area contributed by atoms with Crippen LogP contribution in [0.25, 0.3) is 10.9 Å². The fraction of sp³-hybridized carbons (Fsp3) is 0.217. The monoisotopic (exact) mass is 406 g/mol. The van der Waals surface area contributed by atoms with E-state index >= 15 is 0 Å². The van der Waals surface area contributed by atoms with E-state index in [4.69, 9.17) is 11.6 Å². The predicted molar refractivity (Wildman–Crippen MR) is 118 cm³/mol. The van der Waals surface area contributed by atoms with Gasteiger partial charge in [0.05, 0.1) is 5.39 Å². The Morgan fingerprint density at radius 3 is 2.10 bits per heavy atom. The summed E-state index contributed by atoms with van der Waals surface area (Å²) in [4.78, 5) is 8.62. The summed E-state index contributed by atoms with van der Waals surface area (Å²) in [6.07, 6.45) is 1.87. The van der Waals surface area contributed by atoms with Crippen LogP contribution in [0.4, 0.5) is 5.82 Å². The van der Waals surface area contributed by atoms with Crippen LogP contribution < -0.4 is 5.32 Å². The van der Waals surface area contributed by atoms with E-state index in [9.17, 15) is 5.11 Å². The van der Waals surface area contributed by atoms with Gasteiger partial charge in [-0.25, -0.2) is 9.97 Å². The molecule has 0 amide bonds. The molecule has 0 fully saturated rings. The molecule has 6 heteroatoms. The molecule has 0 spiro atoms. The van der Waals surface area contributed by atoms with Crippen LogP contribution >= 0.6 is 11.6 Å². The van der Waals surface area contributed by atoms with Crippen molar-refractivity contribution in [2.24, 2.45) is 0 Å². The number of halogens is 1. The Morgan fingerprint density at radius 1 is 0.966 bits per heavy atom. The molecule has 5 nitrogen and oxygen atoms in total. The van der Waals surface area contributed by atoms with E-state index in [0.717, 1.165) is 5.39 Å². The zero-order chi connectivity index (χ0) is 20.4. The normalized spacial score (nSPS) is 11.5. The highest BCUT2D eigenvalue weighted by Gasteiger charge is 2.19. The SMILES string of the molecule is CC(C)n1cc2c(NCC(c3ccccc3)c3ccccc3)nc(Cl)nc2c1O. The number of aromatic hydroxyl groups is 1. The molecular weight excluding hydrogens is 384 g/mol. The average molecular weight is 407 g/mol. The van der Waals surface area contributed by atoms with Gasteiger partial charge in [0.2, 0.25) is 11.2 Å². The van der Waals surface area contributed by atoms with E-state index in [2.05, 4.69) is 39.6 Å². The van der Waals surface area contributed by atoms with E-state index in [1.807, 2.05) is 56.4 Å². The van der Waals surface area contributed by atoms with Gasteiger partial charge in [0.15, 0.2) is 0 Å². The lowest BCUT2D eigenvalue weighted by atomic mass is 9.91. The molecule has 0 saturated carbocycles. The van der Waals surface area contributed by atoms with Crippen LogP contribution in [0.5, 0.6) is 5.88 Å². The molecule has 0 unspecified atom stereocenters. The minimum atomic E-state index is 0.0946. The first-order valence-electron chi connectivity index (χ1n) is 9.65. The second-order valence-corrected chi connectivity index (χ2v) is 7.65. The number of benzene rings is 2. The van der Waals surface area contributed by atoms with Gasteiger partial charge in [0, 0.05) is 24.7 Å². The quantitative estimate of drug-likeness (QED) is 0.408. The van der Waals surface area contributed by atoms with Crippen LogP contribution in [0.3, 0.4) is 0 Å². The van der Waals surface area contributed by atoms with E-state index in [1.165, 1.54) is 11.1 Å². The predicted octanol–water partition coefficient (Wildman–Crippen LogP) is 5.62. The Morgan fingerprint density at radius 2 is 1.55 bits per heavy atom. The summed E-state index contributed by atoms with van der Waals surface area (Å²) in [7, 11) is 0. The average Bonchev–Trinajstić information content (AvgIpc) is 3.06. The van der Waals surface area contributed by atoms with Crippen LogP contribution in [0, 0.1) is 0 Å². The van der Waals surface area contributed by atoms with Gasteiger partial charge in [-0.05, 0) is 36.6 Å². The van der Waals surface area contributed by atoms with Crippen molar-refractivity contribution in [3.63, 3.8) is 0 Å². The number of fused-ring (bicyclic) bond motifs is 1. The number of nitrogens with one attached hydrogen (secondary N) is 1. The van der Waals surface area contributed by atoms with E-state index in [1.54, 1.807) is 4.57 Å². The fourth-order valence-electron chi connectivity index (χ4n) is 3.58. The van der Waals surface area contributed by atoms with Crippen LogP contribution in [0.15, 0.2) is 66.9 Å². The summed E-state index contributed by atoms with van der Waals surface area (Å²) >= 11 is 6.15. The van der Waals surface area contributed by atoms with Gasteiger partial charge in [0.25, 0.3) is 0 Å². The van der Waals surface area contributed by atoms with Crippen molar-refractivity contribution in [1.29, 1.82) is 0 Å². The lowest BCUT2D eigenvalue weighted by Gasteiger charge is -2.19. The van der Waals surface area contributed by atoms with E-state index in [-0.39, 0.29) is 23.1 Å². The number of anilines is 1. The Labute approximate surface area is 175 Å². The minimum Gasteiger partial charge on any atom is -0.493 e. The first kappa shape index (κ1) is 19.3. The van der Waals surface area contributed by atoms with Crippen molar-refractivity contribution in [1.82, 2.24) is 14.5 Å². The van der Waals surface area contributed by atoms with Gasteiger partial charge >= 0.3 is 0 Å². The van der Waals surface area contributed by atoms with Gasteiger partial charge in [-0.15, -0.1) is 0 Å². The third-order valence-corrected chi connectivity index (χ3v) is 5.25. The highest BCUT2D eigenvalue weighted by atomic mass is 35.5. The lowest BCUT2D eigenvalue weighted by Crippen LogP contribution is -2.15. The molecule has 2 aromatic carbocycles. The molecule has 0 aliphatic rings. The topological polar surface area (TPSA) is 63.0 Å². The van der Waals surface area contributed by atoms with Gasteiger partial charge in [-0.2, -0.15) is 0 Å². The molecule has 0 radical (unpaired) electrons. The standard InChI is InChI=1S/C23H23ClN4O/c1-15(2)28-14-19-20(22(28)29)26-23(24)27-21(19)25-13-18(16-9-5-3-6-10-16)17-11-7-4-8-12-17/h3-12,14-15,18,29H,13H2,1-2H3,(H,25,26,27). The zero-order valence-electron chi connectivity index (χ0n) is 16.4. The molecule has 0 aliphatic heterocycles. The van der Waals surface area contributed by atoms with Gasteiger partial charge in [-0.3, -0.25) is 0 Å². The number of nitrogens with zero attached hydrogens (tertiary/aromatic N) is 3. The Hall–Kier alpha value is -3.05. The van der Waals surface area contributed by atoms with Gasteiger partial charge in [-0.1, -0.05) is 60.7 Å². The van der Waals surface area contributed by atoms with Crippen molar-refractivity contribution in [2.45, 2.75) is 25.8 Å². The molecule has 2 N–H and O–H groups in total. The van der Waals surface area contributed by atoms with Crippen molar-refractivity contribution in [3.8, 4) is 5.88 Å². The highest BCUT2D eigenvalue weighted by Crippen LogP contribution is 2.34. The first-order chi connectivity index (χ1) is 14.0. The van der Waals surface area contributed by atoms with Crippen LogP contribution in [-0.2, 0) is 0 Å². The molecule has 0 aliphatic carbocycles. The van der Waals surface area contributed by atoms with Gasteiger partial charge < -0.3 is 15.0 Å². The summed E-state index contributed by atoms with van der Waals surface area (Å²) in [5.74, 6) is 0.860. The maximum absolute atomic E-state index is 10.5. The summed E-state index contributed by atoms with van der Waals surface area (Å²) in [6, 6.07) is 20.8. The Kier molecular flexibility index (Phi) is 5.41. The maximum atomic E-state index is 10.5. The molecule has 0 bridgehead atoms. The van der Waals surface area contributed by atoms with Crippen LogP contribution in [-0.4, -0.2) is 26.2 Å². The number of hydrogen-bond acceptors (Lipinski definition) is 4. The Balaban J connectivity index is 1.71. The zero-order valence-corrected chi connectivity index (χ0v) is 17.1. The van der Waals surface area contributed by atoms with Crippen molar-refractivity contribution in [2.75, 3.05) is 11.9 Å². The molecule has 0 saturated heterocycles. The largest absolute Gasteiger partial charge is 0.493 e. The van der Waals surface area contributed by atoms with E-state index < -0.39 is 0 Å². The Bertz CT molecular complexity index is 1070. The molecule has 2 aromatic heterocycles. The van der Waals surface area contributed by atoms with Crippen LogP contribution in [0.1, 0.15) is 36.9 Å². The maximum Gasteiger partial charge on any atom is 0.225 e. The molecule has 4 rings (SSSR count). The lowest BCUT2D eigenvalue weighted by molar-refractivity contribution is 0.404. The first-order valence-corrected chi connectivity index (χ1v) is 10.0. The second kappa shape index (κ2) is 8.13. The smallest absolute Gasteiger partial charge is 0.225 e. The van der Waals surface area contributed by atoms with Crippen LogP contribution in [0.2, 0.25) is 5.28 Å². The molecule has 2 heterocycles. The molecule has 29 heavy (non-hydrogen) atoms. The van der Waals surface area contributed by atoms with Gasteiger partial charge in [0.1, 0.15) is 11.3 Å².